The van der Waals surface area contributed by atoms with Crippen molar-refractivity contribution in [2.75, 3.05) is 19.0 Å². The summed E-state index contributed by atoms with van der Waals surface area (Å²) in [7, 11) is 1.54. The SMILES string of the molecule is CCOc1cc([C@@H]2C(C(=O)Nc3ccccc3OC)=C(C)N=C3CCCC(=O)C32)ccc1O. The van der Waals surface area contributed by atoms with Crippen molar-refractivity contribution in [3.63, 3.8) is 0 Å². The van der Waals surface area contributed by atoms with Gasteiger partial charge in [0.25, 0.3) is 5.91 Å². The summed E-state index contributed by atoms with van der Waals surface area (Å²) in [5.74, 6) is -0.428. The van der Waals surface area contributed by atoms with E-state index in [0.29, 0.717) is 41.5 Å². The molecule has 2 aliphatic rings. The third-order valence-corrected chi connectivity index (χ3v) is 6.15. The molecule has 1 amide bonds. The largest absolute Gasteiger partial charge is 0.504 e. The number of para-hydroxylation sites is 2. The number of methoxy groups -OCH3 is 1. The van der Waals surface area contributed by atoms with Gasteiger partial charge in [0.05, 0.1) is 25.3 Å². The first-order valence-corrected chi connectivity index (χ1v) is 11.2. The van der Waals surface area contributed by atoms with Crippen LogP contribution in [-0.2, 0) is 9.59 Å². The van der Waals surface area contributed by atoms with Gasteiger partial charge in [0.1, 0.15) is 11.5 Å². The van der Waals surface area contributed by atoms with E-state index in [-0.39, 0.29) is 17.4 Å². The Labute approximate surface area is 193 Å². The van der Waals surface area contributed by atoms with Gasteiger partial charge in [0.15, 0.2) is 11.5 Å². The molecule has 2 atom stereocenters. The molecule has 0 spiro atoms. The Balaban J connectivity index is 1.81. The molecule has 1 saturated carbocycles. The number of benzene rings is 2. The number of anilines is 1. The summed E-state index contributed by atoms with van der Waals surface area (Å²) in [5.41, 5.74) is 3.09. The van der Waals surface area contributed by atoms with Gasteiger partial charge in [-0.1, -0.05) is 18.2 Å². The first kappa shape index (κ1) is 22.6. The van der Waals surface area contributed by atoms with Crippen LogP contribution < -0.4 is 14.8 Å². The molecule has 7 nitrogen and oxygen atoms in total. The molecule has 7 heteroatoms. The standard InChI is InChI=1S/C26H28N2O5/c1-4-33-22-14-16(12-13-19(22)29)24-23(15(2)27-18-9-7-10-20(30)25(18)24)26(31)28-17-8-5-6-11-21(17)32-3/h5-6,8,11-14,24-25,29H,4,7,9-10H2,1-3H3,(H,28,31)/t24-,25?/m1/s1. The Hall–Kier alpha value is -3.61. The average molecular weight is 449 g/mol. The Kier molecular flexibility index (Phi) is 6.49. The number of Topliss-reactive ketones (excluding diaryl/α,β-unsaturated/α-hetero) is 1. The molecule has 33 heavy (non-hydrogen) atoms. The number of phenols is 1. The van der Waals surface area contributed by atoms with Gasteiger partial charge in [0, 0.05) is 29.3 Å². The molecule has 2 aromatic rings. The lowest BCUT2D eigenvalue weighted by atomic mass is 9.69. The molecule has 0 radical (unpaired) electrons. The fraction of sp³-hybridized carbons (Fsp3) is 0.346. The highest BCUT2D eigenvalue weighted by Crippen LogP contribution is 2.45. The summed E-state index contributed by atoms with van der Waals surface area (Å²) in [4.78, 5) is 31.4. The van der Waals surface area contributed by atoms with Crippen LogP contribution in [-0.4, -0.2) is 36.2 Å². The molecule has 0 saturated heterocycles. The van der Waals surface area contributed by atoms with E-state index < -0.39 is 11.8 Å². The zero-order valence-electron chi connectivity index (χ0n) is 19.1. The van der Waals surface area contributed by atoms with Crippen LogP contribution in [0.1, 0.15) is 44.6 Å². The first-order chi connectivity index (χ1) is 15.9. The van der Waals surface area contributed by atoms with Crippen LogP contribution in [0.15, 0.2) is 58.7 Å². The van der Waals surface area contributed by atoms with E-state index in [2.05, 4.69) is 5.32 Å². The maximum absolute atomic E-state index is 13.6. The molecule has 1 aliphatic heterocycles. The van der Waals surface area contributed by atoms with Gasteiger partial charge in [-0.3, -0.25) is 14.6 Å². The summed E-state index contributed by atoms with van der Waals surface area (Å²) >= 11 is 0. The average Bonchev–Trinajstić information content (AvgIpc) is 2.80. The molecular weight excluding hydrogens is 420 g/mol. The van der Waals surface area contributed by atoms with Crippen molar-refractivity contribution in [3.05, 3.63) is 59.3 Å². The van der Waals surface area contributed by atoms with Crippen LogP contribution in [0.25, 0.3) is 0 Å². The molecule has 1 aliphatic carbocycles. The second kappa shape index (κ2) is 9.48. The molecule has 2 N–H and O–H groups in total. The monoisotopic (exact) mass is 448 g/mol. The van der Waals surface area contributed by atoms with Crippen molar-refractivity contribution >= 4 is 23.1 Å². The number of ketones is 1. The molecule has 2 aromatic carbocycles. The Morgan fingerprint density at radius 3 is 2.70 bits per heavy atom. The van der Waals surface area contributed by atoms with Crippen LogP contribution in [0.2, 0.25) is 0 Å². The fourth-order valence-electron chi connectivity index (χ4n) is 4.71. The number of nitrogens with zero attached hydrogens (tertiary/aromatic N) is 1. The molecule has 1 unspecified atom stereocenters. The zero-order valence-corrected chi connectivity index (χ0v) is 19.1. The Morgan fingerprint density at radius 2 is 1.94 bits per heavy atom. The molecule has 0 bridgehead atoms. The number of fused-ring (bicyclic) bond motifs is 1. The van der Waals surface area contributed by atoms with Crippen LogP contribution in [0.5, 0.6) is 17.2 Å². The van der Waals surface area contributed by atoms with E-state index >= 15 is 0 Å². The van der Waals surface area contributed by atoms with Gasteiger partial charge in [-0.05, 0) is 56.5 Å². The van der Waals surface area contributed by atoms with Crippen LogP contribution in [0, 0.1) is 5.92 Å². The van der Waals surface area contributed by atoms with Gasteiger partial charge in [-0.25, -0.2) is 0 Å². The van der Waals surface area contributed by atoms with Crippen molar-refractivity contribution in [2.45, 2.75) is 39.0 Å². The lowest BCUT2D eigenvalue weighted by Crippen LogP contribution is -2.39. The quantitative estimate of drug-likeness (QED) is 0.672. The number of allylic oxidation sites excluding steroid dienone is 1. The Morgan fingerprint density at radius 1 is 1.15 bits per heavy atom. The van der Waals surface area contributed by atoms with E-state index in [4.69, 9.17) is 14.5 Å². The third kappa shape index (κ3) is 4.35. The Bertz CT molecular complexity index is 1150. The smallest absolute Gasteiger partial charge is 0.254 e. The number of hydrogen-bond donors (Lipinski definition) is 2. The van der Waals surface area contributed by atoms with E-state index in [9.17, 15) is 14.7 Å². The van der Waals surface area contributed by atoms with E-state index in [1.54, 1.807) is 44.4 Å². The molecule has 0 aromatic heterocycles. The second-order valence-corrected chi connectivity index (χ2v) is 8.19. The number of hydrogen-bond acceptors (Lipinski definition) is 6. The van der Waals surface area contributed by atoms with Gasteiger partial charge in [0.2, 0.25) is 0 Å². The fourth-order valence-corrected chi connectivity index (χ4v) is 4.71. The van der Waals surface area contributed by atoms with Crippen LogP contribution >= 0.6 is 0 Å². The van der Waals surface area contributed by atoms with E-state index in [0.717, 1.165) is 24.1 Å². The molecule has 1 fully saturated rings. The summed E-state index contributed by atoms with van der Waals surface area (Å²) < 4.78 is 11.0. The summed E-state index contributed by atoms with van der Waals surface area (Å²) in [6, 6.07) is 12.2. The molecular formula is C26H28N2O5. The predicted molar refractivity (Wildman–Crippen MR) is 126 cm³/mol. The summed E-state index contributed by atoms with van der Waals surface area (Å²) in [6.45, 7) is 4.02. The van der Waals surface area contributed by atoms with Crippen molar-refractivity contribution < 1.29 is 24.2 Å². The van der Waals surface area contributed by atoms with Crippen molar-refractivity contribution in [1.29, 1.82) is 0 Å². The normalized spacial score (nSPS) is 20.1. The summed E-state index contributed by atoms with van der Waals surface area (Å²) in [6.07, 6.45) is 1.94. The highest BCUT2D eigenvalue weighted by atomic mass is 16.5. The maximum Gasteiger partial charge on any atom is 0.254 e. The maximum atomic E-state index is 13.6. The van der Waals surface area contributed by atoms with Gasteiger partial charge < -0.3 is 19.9 Å². The molecule has 172 valence electrons. The minimum atomic E-state index is -0.528. The number of phenolic OH excluding ortho intramolecular Hbond substituents is 1. The first-order valence-electron chi connectivity index (χ1n) is 11.2. The number of aliphatic imine (C=N–C) groups is 1. The minimum absolute atomic E-state index is 0.0148. The number of aromatic hydroxyl groups is 1. The van der Waals surface area contributed by atoms with Gasteiger partial charge >= 0.3 is 0 Å². The topological polar surface area (TPSA) is 97.2 Å². The second-order valence-electron chi connectivity index (χ2n) is 8.19. The lowest BCUT2D eigenvalue weighted by Gasteiger charge is -2.36. The van der Waals surface area contributed by atoms with Crippen LogP contribution in [0.4, 0.5) is 5.69 Å². The number of amides is 1. The van der Waals surface area contributed by atoms with Crippen molar-refractivity contribution in [3.8, 4) is 17.2 Å². The minimum Gasteiger partial charge on any atom is -0.504 e. The highest BCUT2D eigenvalue weighted by Gasteiger charge is 2.43. The summed E-state index contributed by atoms with van der Waals surface area (Å²) in [5, 5.41) is 13.1. The molecule has 1 heterocycles. The predicted octanol–water partition coefficient (Wildman–Crippen LogP) is 4.62. The number of ether oxygens (including phenoxy) is 2. The van der Waals surface area contributed by atoms with Crippen molar-refractivity contribution in [1.82, 2.24) is 0 Å². The number of carbonyl (C=O) groups is 2. The van der Waals surface area contributed by atoms with E-state index in [1.807, 2.05) is 19.1 Å². The molecule has 4 rings (SSSR count). The van der Waals surface area contributed by atoms with Crippen LogP contribution in [0.3, 0.4) is 0 Å². The number of carbonyl (C=O) groups excluding carboxylic acids is 2. The number of rotatable bonds is 6. The number of nitrogens with one attached hydrogen (secondary N) is 1. The highest BCUT2D eigenvalue weighted by molar-refractivity contribution is 6.14. The zero-order chi connectivity index (χ0) is 23.5. The van der Waals surface area contributed by atoms with Gasteiger partial charge in [-0.15, -0.1) is 0 Å². The van der Waals surface area contributed by atoms with E-state index in [1.165, 1.54) is 0 Å². The third-order valence-electron chi connectivity index (χ3n) is 6.15. The van der Waals surface area contributed by atoms with Crippen molar-refractivity contribution in [2.24, 2.45) is 10.9 Å². The lowest BCUT2D eigenvalue weighted by molar-refractivity contribution is -0.122. The van der Waals surface area contributed by atoms with Gasteiger partial charge in [-0.2, -0.15) is 0 Å².